The quantitative estimate of drug-likeness (QED) is 0.748. The molecule has 0 radical (unpaired) electrons. The maximum Gasteiger partial charge on any atom is 0.166 e. The number of hydrogen-bond donors (Lipinski definition) is 2. The van der Waals surface area contributed by atoms with E-state index in [4.69, 9.17) is 12.2 Å². The van der Waals surface area contributed by atoms with E-state index in [-0.39, 0.29) is 6.04 Å². The predicted molar refractivity (Wildman–Crippen MR) is 98.0 cm³/mol. The Morgan fingerprint density at radius 1 is 1.00 bits per heavy atom. The summed E-state index contributed by atoms with van der Waals surface area (Å²) in [7, 11) is 0. The molecule has 2 nitrogen and oxygen atoms in total. The molecule has 1 atom stereocenters. The smallest absolute Gasteiger partial charge is 0.166 e. The first-order valence-electron chi connectivity index (χ1n) is 7.93. The van der Waals surface area contributed by atoms with Crippen LogP contribution < -0.4 is 10.6 Å². The van der Waals surface area contributed by atoms with Crippen molar-refractivity contribution < 1.29 is 0 Å². The van der Waals surface area contributed by atoms with Crippen molar-refractivity contribution in [2.24, 2.45) is 0 Å². The van der Waals surface area contributed by atoms with Crippen molar-refractivity contribution in [3.63, 3.8) is 0 Å². The minimum absolute atomic E-state index is 0.280. The monoisotopic (exact) mass is 312 g/mol. The summed E-state index contributed by atoms with van der Waals surface area (Å²) in [5.74, 6) is 0. The summed E-state index contributed by atoms with van der Waals surface area (Å²) >= 11 is 5.44. The Hall–Kier alpha value is -1.87. The molecule has 0 fully saturated rings. The van der Waals surface area contributed by atoms with Gasteiger partial charge in [-0.3, -0.25) is 0 Å². The van der Waals surface area contributed by atoms with Gasteiger partial charge in [-0.2, -0.15) is 0 Å². The van der Waals surface area contributed by atoms with Crippen molar-refractivity contribution in [3.05, 3.63) is 71.8 Å². The van der Waals surface area contributed by atoms with Gasteiger partial charge in [-0.25, -0.2) is 0 Å². The third-order valence-corrected chi connectivity index (χ3v) is 3.89. The van der Waals surface area contributed by atoms with Crippen molar-refractivity contribution in [1.82, 2.24) is 10.6 Å². The third kappa shape index (κ3) is 5.49. The standard InChI is InChI=1S/C19H24N2S/c1-2-9-18(17-12-7-4-8-13-17)21-19(22)20-15-14-16-10-5-3-6-11-16/h3-8,10-13,18H,2,9,14-15H2,1H3,(H2,20,21,22)/t18-/m1/s1. The molecule has 0 heterocycles. The van der Waals surface area contributed by atoms with Gasteiger partial charge < -0.3 is 10.6 Å². The normalized spacial score (nSPS) is 11.7. The van der Waals surface area contributed by atoms with Crippen molar-refractivity contribution in [2.45, 2.75) is 32.2 Å². The van der Waals surface area contributed by atoms with Gasteiger partial charge in [0.15, 0.2) is 5.11 Å². The fraction of sp³-hybridized carbons (Fsp3) is 0.316. The molecule has 0 spiro atoms. The lowest BCUT2D eigenvalue weighted by Crippen LogP contribution is -2.38. The van der Waals surface area contributed by atoms with Crippen LogP contribution in [0.3, 0.4) is 0 Å². The zero-order valence-corrected chi connectivity index (χ0v) is 13.9. The van der Waals surface area contributed by atoms with E-state index in [1.165, 1.54) is 11.1 Å². The lowest BCUT2D eigenvalue weighted by molar-refractivity contribution is 0.575. The maximum absolute atomic E-state index is 5.44. The zero-order chi connectivity index (χ0) is 15.6. The van der Waals surface area contributed by atoms with E-state index in [0.29, 0.717) is 0 Å². The van der Waals surface area contributed by atoms with Crippen LogP contribution in [0.15, 0.2) is 60.7 Å². The highest BCUT2D eigenvalue weighted by Gasteiger charge is 2.10. The van der Waals surface area contributed by atoms with Crippen LogP contribution in [-0.2, 0) is 6.42 Å². The molecule has 0 saturated carbocycles. The lowest BCUT2D eigenvalue weighted by atomic mass is 10.0. The van der Waals surface area contributed by atoms with Gasteiger partial charge in [0.25, 0.3) is 0 Å². The Balaban J connectivity index is 1.81. The largest absolute Gasteiger partial charge is 0.362 e. The number of benzene rings is 2. The first kappa shape index (κ1) is 16.5. The molecule has 2 aromatic rings. The summed E-state index contributed by atoms with van der Waals surface area (Å²) in [6, 6.07) is 21.2. The Bertz CT molecular complexity index is 554. The highest BCUT2D eigenvalue weighted by atomic mass is 32.1. The second-order valence-corrected chi connectivity index (χ2v) is 5.80. The van der Waals surface area contributed by atoms with E-state index in [0.717, 1.165) is 30.9 Å². The molecule has 0 aromatic heterocycles. The van der Waals surface area contributed by atoms with Crippen molar-refractivity contribution in [3.8, 4) is 0 Å². The summed E-state index contributed by atoms with van der Waals surface area (Å²) in [5.41, 5.74) is 2.61. The Morgan fingerprint density at radius 3 is 2.27 bits per heavy atom. The molecular formula is C19H24N2S. The van der Waals surface area contributed by atoms with E-state index in [2.05, 4.69) is 66.1 Å². The molecule has 2 rings (SSSR count). The Labute approximate surface area is 139 Å². The van der Waals surface area contributed by atoms with E-state index in [1.54, 1.807) is 0 Å². The molecule has 2 N–H and O–H groups in total. The molecular weight excluding hydrogens is 288 g/mol. The van der Waals surface area contributed by atoms with Gasteiger partial charge in [0, 0.05) is 6.54 Å². The minimum Gasteiger partial charge on any atom is -0.362 e. The van der Waals surface area contributed by atoms with Gasteiger partial charge in [0.1, 0.15) is 0 Å². The van der Waals surface area contributed by atoms with Crippen LogP contribution in [0.2, 0.25) is 0 Å². The van der Waals surface area contributed by atoms with Crippen LogP contribution in [0.1, 0.15) is 36.9 Å². The van der Waals surface area contributed by atoms with E-state index in [1.807, 2.05) is 12.1 Å². The summed E-state index contributed by atoms with van der Waals surface area (Å²) in [6.45, 7) is 3.05. The molecule has 3 heteroatoms. The molecule has 0 bridgehead atoms. The van der Waals surface area contributed by atoms with E-state index in [9.17, 15) is 0 Å². The van der Waals surface area contributed by atoms with Crippen LogP contribution in [0.4, 0.5) is 0 Å². The topological polar surface area (TPSA) is 24.1 Å². The SMILES string of the molecule is CCC[C@@H](NC(=S)NCCc1ccccc1)c1ccccc1. The van der Waals surface area contributed by atoms with Crippen LogP contribution in [0.5, 0.6) is 0 Å². The predicted octanol–water partition coefficient (Wildman–Crippen LogP) is 4.23. The Morgan fingerprint density at radius 2 is 1.64 bits per heavy atom. The van der Waals surface area contributed by atoms with Gasteiger partial charge in [0.05, 0.1) is 6.04 Å². The zero-order valence-electron chi connectivity index (χ0n) is 13.1. The highest BCUT2D eigenvalue weighted by molar-refractivity contribution is 7.80. The maximum atomic E-state index is 5.44. The van der Waals surface area contributed by atoms with Gasteiger partial charge in [-0.15, -0.1) is 0 Å². The summed E-state index contributed by atoms with van der Waals surface area (Å²) in [4.78, 5) is 0. The molecule has 22 heavy (non-hydrogen) atoms. The lowest BCUT2D eigenvalue weighted by Gasteiger charge is -2.21. The Kier molecular flexibility index (Phi) is 6.91. The van der Waals surface area contributed by atoms with Crippen molar-refractivity contribution in [2.75, 3.05) is 6.54 Å². The molecule has 0 amide bonds. The summed E-state index contributed by atoms with van der Waals surface area (Å²) in [6.07, 6.45) is 3.18. The first-order chi connectivity index (χ1) is 10.8. The number of nitrogens with one attached hydrogen (secondary N) is 2. The average Bonchev–Trinajstić information content (AvgIpc) is 2.56. The fourth-order valence-electron chi connectivity index (χ4n) is 2.47. The minimum atomic E-state index is 0.280. The van der Waals surface area contributed by atoms with Crippen LogP contribution in [-0.4, -0.2) is 11.7 Å². The number of hydrogen-bond acceptors (Lipinski definition) is 1. The molecule has 0 saturated heterocycles. The molecule has 0 aliphatic carbocycles. The first-order valence-corrected chi connectivity index (χ1v) is 8.33. The molecule has 0 unspecified atom stereocenters. The average molecular weight is 312 g/mol. The van der Waals surface area contributed by atoms with Crippen LogP contribution in [0, 0.1) is 0 Å². The number of rotatable bonds is 7. The third-order valence-electron chi connectivity index (χ3n) is 3.63. The second-order valence-electron chi connectivity index (χ2n) is 5.39. The van der Waals surface area contributed by atoms with Crippen LogP contribution in [0.25, 0.3) is 0 Å². The molecule has 0 aliphatic heterocycles. The summed E-state index contributed by atoms with van der Waals surface area (Å²) in [5, 5.41) is 7.49. The summed E-state index contributed by atoms with van der Waals surface area (Å²) < 4.78 is 0. The molecule has 0 aliphatic rings. The van der Waals surface area contributed by atoms with E-state index < -0.39 is 0 Å². The van der Waals surface area contributed by atoms with Gasteiger partial charge in [0.2, 0.25) is 0 Å². The molecule has 2 aromatic carbocycles. The fourth-order valence-corrected chi connectivity index (χ4v) is 2.71. The second kappa shape index (κ2) is 9.21. The van der Waals surface area contributed by atoms with Gasteiger partial charge >= 0.3 is 0 Å². The van der Waals surface area contributed by atoms with Crippen molar-refractivity contribution >= 4 is 17.3 Å². The van der Waals surface area contributed by atoms with Crippen LogP contribution >= 0.6 is 12.2 Å². The molecule has 116 valence electrons. The van der Waals surface area contributed by atoms with Gasteiger partial charge in [-0.1, -0.05) is 74.0 Å². The van der Waals surface area contributed by atoms with Crippen molar-refractivity contribution in [1.29, 1.82) is 0 Å². The van der Waals surface area contributed by atoms with Gasteiger partial charge in [-0.05, 0) is 36.2 Å². The number of thiocarbonyl (C=S) groups is 1. The highest BCUT2D eigenvalue weighted by Crippen LogP contribution is 2.17. The van der Waals surface area contributed by atoms with E-state index >= 15 is 0 Å².